The largest absolute Gasteiger partial charge is 0.343 e. The minimum atomic E-state index is -0.166. The van der Waals surface area contributed by atoms with Crippen LogP contribution in [0.1, 0.15) is 25.8 Å². The molecule has 5 heteroatoms. The highest BCUT2D eigenvalue weighted by Crippen LogP contribution is 2.36. The van der Waals surface area contributed by atoms with Gasteiger partial charge in [0.1, 0.15) is 5.84 Å². The lowest BCUT2D eigenvalue weighted by Crippen LogP contribution is -2.36. The molecule has 1 aromatic carbocycles. The van der Waals surface area contributed by atoms with Crippen molar-refractivity contribution in [3.63, 3.8) is 0 Å². The van der Waals surface area contributed by atoms with Crippen LogP contribution in [0.2, 0.25) is 0 Å². The Labute approximate surface area is 143 Å². The normalized spacial score (nSPS) is 16.6. The van der Waals surface area contributed by atoms with Crippen molar-refractivity contribution in [3.05, 3.63) is 28.2 Å². The maximum Gasteiger partial charge on any atom is 0.116 e. The molecule has 110 valence electrons. The molecule has 20 heavy (non-hydrogen) atoms. The predicted molar refractivity (Wildman–Crippen MR) is 99.2 cm³/mol. The van der Waals surface area contributed by atoms with Crippen LogP contribution in [0.3, 0.4) is 0 Å². The molecule has 0 fully saturated rings. The van der Waals surface area contributed by atoms with Crippen LogP contribution in [-0.2, 0) is 5.54 Å². The number of anilines is 1. The average molecular weight is 450 g/mol. The molecule has 1 aliphatic heterocycles. The fourth-order valence-electron chi connectivity index (χ4n) is 2.47. The van der Waals surface area contributed by atoms with Crippen molar-refractivity contribution in [1.29, 1.82) is 0 Å². The van der Waals surface area contributed by atoms with Gasteiger partial charge in [-0.15, -0.1) is 0 Å². The Hall–Kier alpha value is -0.140. The van der Waals surface area contributed by atoms with Gasteiger partial charge in [0.05, 0.1) is 12.1 Å². The number of hydrogen-bond acceptors (Lipinski definition) is 3. The number of likely N-dealkylation sites (N-methyl/N-ethyl adjacent to an activating group) is 1. The number of rotatable bonds is 5. The Morgan fingerprint density at radius 3 is 2.85 bits per heavy atom. The molecule has 1 heterocycles. The van der Waals surface area contributed by atoms with Gasteiger partial charge in [0.15, 0.2) is 0 Å². The van der Waals surface area contributed by atoms with Crippen molar-refractivity contribution in [1.82, 2.24) is 4.90 Å². The first-order valence-corrected chi connectivity index (χ1v) is 9.14. The molecule has 0 bridgehead atoms. The number of aliphatic imine (C=N–C) groups is 1. The van der Waals surface area contributed by atoms with Crippen LogP contribution in [0, 0.1) is 0 Å². The number of amidine groups is 1. The van der Waals surface area contributed by atoms with E-state index in [1.54, 1.807) is 0 Å². The minimum Gasteiger partial charge on any atom is -0.343 e. The molecule has 3 nitrogen and oxygen atoms in total. The van der Waals surface area contributed by atoms with Crippen molar-refractivity contribution < 1.29 is 0 Å². The Kier molecular flexibility index (Phi) is 5.48. The van der Waals surface area contributed by atoms with Gasteiger partial charge in [-0.25, -0.2) is 0 Å². The molecule has 1 N–H and O–H groups in total. The van der Waals surface area contributed by atoms with Crippen LogP contribution in [0.4, 0.5) is 5.69 Å². The standard InChI is InChI=1S/C15H21BrIN3/c1-15(2)12-6-5-11(16)9-13(12)18-14(19-15)10-20(3)8-4-7-17/h5-6,9H,4,7-8,10H2,1-3H3,(H,18,19). The smallest absolute Gasteiger partial charge is 0.116 e. The van der Waals surface area contributed by atoms with E-state index < -0.39 is 0 Å². The molecular weight excluding hydrogens is 429 g/mol. The summed E-state index contributed by atoms with van der Waals surface area (Å²) in [6.45, 7) is 6.32. The summed E-state index contributed by atoms with van der Waals surface area (Å²) in [5.41, 5.74) is 2.25. The van der Waals surface area contributed by atoms with Crippen molar-refractivity contribution in [2.45, 2.75) is 25.8 Å². The van der Waals surface area contributed by atoms with Crippen molar-refractivity contribution in [2.24, 2.45) is 4.99 Å². The monoisotopic (exact) mass is 449 g/mol. The van der Waals surface area contributed by atoms with E-state index in [1.807, 2.05) is 0 Å². The fraction of sp³-hybridized carbons (Fsp3) is 0.533. The number of nitrogens with one attached hydrogen (secondary N) is 1. The van der Waals surface area contributed by atoms with Crippen molar-refractivity contribution in [3.8, 4) is 0 Å². The lowest BCUT2D eigenvalue weighted by Gasteiger charge is -2.32. The van der Waals surface area contributed by atoms with E-state index in [1.165, 1.54) is 16.4 Å². The quantitative estimate of drug-likeness (QED) is 0.537. The highest BCUT2D eigenvalue weighted by Gasteiger charge is 2.28. The molecule has 0 radical (unpaired) electrons. The molecule has 0 saturated heterocycles. The lowest BCUT2D eigenvalue weighted by atomic mass is 9.91. The van der Waals surface area contributed by atoms with Gasteiger partial charge in [0, 0.05) is 20.2 Å². The second-order valence-electron chi connectivity index (χ2n) is 5.71. The summed E-state index contributed by atoms with van der Waals surface area (Å²) in [6.07, 6.45) is 1.22. The molecule has 1 aliphatic rings. The first-order valence-electron chi connectivity index (χ1n) is 6.82. The van der Waals surface area contributed by atoms with Crippen LogP contribution in [0.15, 0.2) is 27.7 Å². The molecule has 0 spiro atoms. The van der Waals surface area contributed by atoms with Gasteiger partial charge in [0.2, 0.25) is 0 Å². The van der Waals surface area contributed by atoms with Crippen molar-refractivity contribution >= 4 is 50.0 Å². The summed E-state index contributed by atoms with van der Waals surface area (Å²) in [7, 11) is 2.15. The fourth-order valence-corrected chi connectivity index (χ4v) is 3.18. The van der Waals surface area contributed by atoms with E-state index in [-0.39, 0.29) is 5.54 Å². The van der Waals surface area contributed by atoms with E-state index in [2.05, 4.69) is 87.8 Å². The average Bonchev–Trinajstić information content (AvgIpc) is 2.34. The van der Waals surface area contributed by atoms with E-state index in [0.717, 1.165) is 29.1 Å². The summed E-state index contributed by atoms with van der Waals surface area (Å²) in [6, 6.07) is 6.36. The summed E-state index contributed by atoms with van der Waals surface area (Å²) < 4.78 is 2.29. The molecule has 0 aromatic heterocycles. The summed E-state index contributed by atoms with van der Waals surface area (Å²) in [5.74, 6) is 1.05. The molecular formula is C15H21BrIN3. The van der Waals surface area contributed by atoms with Gasteiger partial charge in [0.25, 0.3) is 0 Å². The van der Waals surface area contributed by atoms with Crippen LogP contribution in [-0.4, -0.2) is 35.3 Å². The van der Waals surface area contributed by atoms with Gasteiger partial charge in [-0.05, 0) is 46.0 Å². The van der Waals surface area contributed by atoms with E-state index in [4.69, 9.17) is 4.99 Å². The Balaban J connectivity index is 2.16. The number of nitrogens with zero attached hydrogens (tertiary/aromatic N) is 2. The lowest BCUT2D eigenvalue weighted by molar-refractivity contribution is 0.380. The topological polar surface area (TPSA) is 27.6 Å². The van der Waals surface area contributed by atoms with Gasteiger partial charge in [-0.2, -0.15) is 0 Å². The highest BCUT2D eigenvalue weighted by molar-refractivity contribution is 14.1. The molecule has 2 rings (SSSR count). The molecule has 1 aromatic rings. The number of fused-ring (bicyclic) bond motifs is 1. The first-order chi connectivity index (χ1) is 9.42. The third kappa shape index (κ3) is 3.95. The zero-order valence-corrected chi connectivity index (χ0v) is 16.0. The molecule has 0 atom stereocenters. The van der Waals surface area contributed by atoms with E-state index >= 15 is 0 Å². The minimum absolute atomic E-state index is 0.166. The number of hydrogen-bond donors (Lipinski definition) is 1. The summed E-state index contributed by atoms with van der Waals surface area (Å²) in [4.78, 5) is 7.20. The van der Waals surface area contributed by atoms with Gasteiger partial charge >= 0.3 is 0 Å². The van der Waals surface area contributed by atoms with E-state index in [9.17, 15) is 0 Å². The predicted octanol–water partition coefficient (Wildman–Crippen LogP) is 4.27. The van der Waals surface area contributed by atoms with Gasteiger partial charge in [-0.1, -0.05) is 44.6 Å². The Morgan fingerprint density at radius 1 is 1.40 bits per heavy atom. The Morgan fingerprint density at radius 2 is 2.15 bits per heavy atom. The molecule has 0 unspecified atom stereocenters. The van der Waals surface area contributed by atoms with Crippen LogP contribution in [0.25, 0.3) is 0 Å². The second-order valence-corrected chi connectivity index (χ2v) is 7.71. The molecule has 0 amide bonds. The number of benzene rings is 1. The summed E-state index contributed by atoms with van der Waals surface area (Å²) >= 11 is 5.97. The van der Waals surface area contributed by atoms with Crippen molar-refractivity contribution in [2.75, 3.05) is 29.9 Å². The van der Waals surface area contributed by atoms with Gasteiger partial charge < -0.3 is 5.32 Å². The zero-order chi connectivity index (χ0) is 14.8. The maximum atomic E-state index is 4.88. The zero-order valence-electron chi connectivity index (χ0n) is 12.2. The first kappa shape index (κ1) is 16.2. The Bertz CT molecular complexity index is 514. The van der Waals surface area contributed by atoms with Crippen LogP contribution >= 0.6 is 38.5 Å². The third-order valence-corrected chi connectivity index (χ3v) is 4.68. The highest BCUT2D eigenvalue weighted by atomic mass is 127. The maximum absolute atomic E-state index is 4.88. The summed E-state index contributed by atoms with van der Waals surface area (Å²) in [5, 5.41) is 3.48. The second kappa shape index (κ2) is 6.75. The molecule has 0 aliphatic carbocycles. The van der Waals surface area contributed by atoms with Crippen LogP contribution in [0.5, 0.6) is 0 Å². The van der Waals surface area contributed by atoms with E-state index in [0.29, 0.717) is 0 Å². The SMILES string of the molecule is CN(CCCI)CC1=NC(C)(C)c2ccc(Br)cc2N1. The molecule has 0 saturated carbocycles. The number of alkyl halides is 1. The van der Waals surface area contributed by atoms with Crippen LogP contribution < -0.4 is 5.32 Å². The number of halogens is 2. The third-order valence-electron chi connectivity index (χ3n) is 3.43. The van der Waals surface area contributed by atoms with Gasteiger partial charge in [-0.3, -0.25) is 9.89 Å².